The molecule has 2 rings (SSSR count). The van der Waals surface area contributed by atoms with Gasteiger partial charge in [0.05, 0.1) is 17.9 Å². The zero-order chi connectivity index (χ0) is 16.5. The van der Waals surface area contributed by atoms with E-state index in [4.69, 9.17) is 4.74 Å². The number of carboxylic acids is 1. The van der Waals surface area contributed by atoms with Crippen LogP contribution in [0.1, 0.15) is 43.0 Å². The summed E-state index contributed by atoms with van der Waals surface area (Å²) in [5, 5.41) is 12.2. The van der Waals surface area contributed by atoms with Crippen LogP contribution in [0.4, 0.5) is 11.5 Å². The van der Waals surface area contributed by atoms with Crippen molar-refractivity contribution < 1.29 is 14.6 Å². The average Bonchev–Trinajstić information content (AvgIpc) is 2.55. The molecule has 0 aliphatic rings. The van der Waals surface area contributed by atoms with Crippen molar-refractivity contribution in [3.63, 3.8) is 0 Å². The fourth-order valence-electron chi connectivity index (χ4n) is 2.09. The average molecular weight is 315 g/mol. The molecule has 1 aromatic heterocycles. The highest BCUT2D eigenvalue weighted by atomic mass is 16.5. The number of carbonyl (C=O) groups is 1. The van der Waals surface area contributed by atoms with Crippen LogP contribution < -0.4 is 10.1 Å². The number of carboxylic acid groups (broad SMARTS) is 1. The quantitative estimate of drug-likeness (QED) is 0.683. The van der Waals surface area contributed by atoms with E-state index in [2.05, 4.69) is 22.2 Å². The summed E-state index contributed by atoms with van der Waals surface area (Å²) in [5.41, 5.74) is 0.667. The summed E-state index contributed by atoms with van der Waals surface area (Å²) < 4.78 is 5.53. The number of hydrogen-bond acceptors (Lipinski definition) is 5. The third-order valence-electron chi connectivity index (χ3n) is 3.28. The van der Waals surface area contributed by atoms with Gasteiger partial charge in [0.15, 0.2) is 0 Å². The van der Waals surface area contributed by atoms with Crippen LogP contribution in [-0.2, 0) is 0 Å². The molecule has 0 bridgehead atoms. The number of unbranched alkanes of at least 4 members (excludes halogenated alkanes) is 3. The van der Waals surface area contributed by atoms with Gasteiger partial charge >= 0.3 is 12.0 Å². The van der Waals surface area contributed by atoms with Gasteiger partial charge in [-0.15, -0.1) is 0 Å². The Balaban J connectivity index is 1.99. The SMILES string of the molecule is CCCCCCOc1nccc(Nc2ccccc2C(=O)O)n1. The van der Waals surface area contributed by atoms with Gasteiger partial charge in [0.2, 0.25) is 0 Å². The number of aromatic nitrogens is 2. The first kappa shape index (κ1) is 16.7. The Morgan fingerprint density at radius 2 is 2.04 bits per heavy atom. The number of nitrogens with zero attached hydrogens (tertiary/aromatic N) is 2. The van der Waals surface area contributed by atoms with Gasteiger partial charge in [-0.05, 0) is 24.6 Å². The van der Waals surface area contributed by atoms with E-state index in [1.54, 1.807) is 30.5 Å². The van der Waals surface area contributed by atoms with Gasteiger partial charge in [0.25, 0.3) is 0 Å². The van der Waals surface area contributed by atoms with Gasteiger partial charge in [-0.25, -0.2) is 9.78 Å². The van der Waals surface area contributed by atoms with E-state index in [0.29, 0.717) is 24.1 Å². The molecule has 2 N–H and O–H groups in total. The standard InChI is InChI=1S/C17H21N3O3/c1-2-3-4-7-12-23-17-18-11-10-15(20-17)19-14-9-6-5-8-13(14)16(21)22/h5-6,8-11H,2-4,7,12H2,1H3,(H,21,22)(H,18,19,20). The normalized spacial score (nSPS) is 10.3. The molecule has 1 aromatic carbocycles. The molecule has 0 saturated carbocycles. The first-order valence-corrected chi connectivity index (χ1v) is 7.76. The second-order valence-corrected chi connectivity index (χ2v) is 5.11. The van der Waals surface area contributed by atoms with Crippen molar-refractivity contribution >= 4 is 17.5 Å². The number of ether oxygens (including phenoxy) is 1. The minimum absolute atomic E-state index is 0.188. The van der Waals surface area contributed by atoms with Crippen molar-refractivity contribution in [2.75, 3.05) is 11.9 Å². The Bertz CT molecular complexity index is 646. The molecular weight excluding hydrogens is 294 g/mol. The van der Waals surface area contributed by atoms with Crippen LogP contribution >= 0.6 is 0 Å². The minimum Gasteiger partial charge on any atom is -0.478 e. The maximum absolute atomic E-state index is 11.2. The summed E-state index contributed by atoms with van der Waals surface area (Å²) in [4.78, 5) is 19.5. The number of para-hydroxylation sites is 1. The van der Waals surface area contributed by atoms with Crippen LogP contribution in [0.2, 0.25) is 0 Å². The predicted molar refractivity (Wildman–Crippen MR) is 88.4 cm³/mol. The highest BCUT2D eigenvalue weighted by Crippen LogP contribution is 2.20. The summed E-state index contributed by atoms with van der Waals surface area (Å²) in [6.45, 7) is 2.74. The first-order chi connectivity index (χ1) is 11.2. The van der Waals surface area contributed by atoms with Crippen molar-refractivity contribution in [1.82, 2.24) is 9.97 Å². The summed E-state index contributed by atoms with van der Waals surface area (Å²) in [7, 11) is 0. The molecule has 0 spiro atoms. The van der Waals surface area contributed by atoms with Crippen LogP contribution in [0.15, 0.2) is 36.5 Å². The van der Waals surface area contributed by atoms with Crippen LogP contribution in [-0.4, -0.2) is 27.7 Å². The topological polar surface area (TPSA) is 84.3 Å². The smallest absolute Gasteiger partial charge is 0.337 e. The molecule has 1 heterocycles. The second kappa shape index (κ2) is 8.73. The molecule has 0 aliphatic heterocycles. The van der Waals surface area contributed by atoms with Gasteiger partial charge in [-0.3, -0.25) is 0 Å². The molecule has 0 unspecified atom stereocenters. The second-order valence-electron chi connectivity index (χ2n) is 5.11. The third-order valence-corrected chi connectivity index (χ3v) is 3.28. The van der Waals surface area contributed by atoms with Gasteiger partial charge in [-0.1, -0.05) is 38.3 Å². The summed E-state index contributed by atoms with van der Waals surface area (Å²) in [6.07, 6.45) is 6.05. The van der Waals surface area contributed by atoms with Gasteiger partial charge < -0.3 is 15.2 Å². The lowest BCUT2D eigenvalue weighted by Crippen LogP contribution is -2.05. The molecular formula is C17H21N3O3. The summed E-state index contributed by atoms with van der Waals surface area (Å²) in [5.74, 6) is -0.494. The van der Waals surface area contributed by atoms with Crippen molar-refractivity contribution in [2.45, 2.75) is 32.6 Å². The van der Waals surface area contributed by atoms with Crippen molar-refractivity contribution in [3.05, 3.63) is 42.1 Å². The van der Waals surface area contributed by atoms with Gasteiger partial charge in [0.1, 0.15) is 5.82 Å². The molecule has 0 saturated heterocycles. The van der Waals surface area contributed by atoms with Crippen LogP contribution in [0.25, 0.3) is 0 Å². The molecule has 2 aromatic rings. The van der Waals surface area contributed by atoms with Gasteiger partial charge in [0, 0.05) is 6.20 Å². The highest BCUT2D eigenvalue weighted by Gasteiger charge is 2.10. The van der Waals surface area contributed by atoms with Crippen LogP contribution in [0.5, 0.6) is 6.01 Å². The van der Waals surface area contributed by atoms with Gasteiger partial charge in [-0.2, -0.15) is 4.98 Å². The number of benzene rings is 1. The maximum atomic E-state index is 11.2. The summed E-state index contributed by atoms with van der Waals surface area (Å²) in [6, 6.07) is 8.64. The Kier molecular flexibility index (Phi) is 6.35. The number of hydrogen-bond donors (Lipinski definition) is 2. The number of aromatic carboxylic acids is 1. The highest BCUT2D eigenvalue weighted by molar-refractivity contribution is 5.94. The number of nitrogens with one attached hydrogen (secondary N) is 1. The fraction of sp³-hybridized carbons (Fsp3) is 0.353. The van der Waals surface area contributed by atoms with Crippen molar-refractivity contribution in [2.24, 2.45) is 0 Å². The molecule has 0 atom stereocenters. The molecule has 0 aliphatic carbocycles. The largest absolute Gasteiger partial charge is 0.478 e. The molecule has 0 fully saturated rings. The first-order valence-electron chi connectivity index (χ1n) is 7.76. The molecule has 6 nitrogen and oxygen atoms in total. The van der Waals surface area contributed by atoms with Crippen LogP contribution in [0, 0.1) is 0 Å². The Morgan fingerprint density at radius 1 is 1.22 bits per heavy atom. The molecule has 122 valence electrons. The zero-order valence-corrected chi connectivity index (χ0v) is 13.2. The lowest BCUT2D eigenvalue weighted by molar-refractivity contribution is 0.0698. The van der Waals surface area contributed by atoms with E-state index in [-0.39, 0.29) is 5.56 Å². The minimum atomic E-state index is -0.991. The Morgan fingerprint density at radius 3 is 2.83 bits per heavy atom. The molecule has 23 heavy (non-hydrogen) atoms. The Labute approximate surface area is 135 Å². The zero-order valence-electron chi connectivity index (χ0n) is 13.2. The van der Waals surface area contributed by atoms with Crippen molar-refractivity contribution in [1.29, 1.82) is 0 Å². The third kappa shape index (κ3) is 5.25. The van der Waals surface area contributed by atoms with Crippen LogP contribution in [0.3, 0.4) is 0 Å². The maximum Gasteiger partial charge on any atom is 0.337 e. The predicted octanol–water partition coefficient (Wildman–Crippen LogP) is 3.88. The molecule has 0 radical (unpaired) electrons. The van der Waals surface area contributed by atoms with E-state index in [9.17, 15) is 9.90 Å². The van der Waals surface area contributed by atoms with E-state index in [0.717, 1.165) is 12.8 Å². The lowest BCUT2D eigenvalue weighted by Gasteiger charge is -2.10. The number of rotatable bonds is 9. The molecule has 0 amide bonds. The van der Waals surface area contributed by atoms with E-state index < -0.39 is 5.97 Å². The summed E-state index contributed by atoms with van der Waals surface area (Å²) >= 11 is 0. The molecule has 6 heteroatoms. The number of anilines is 2. The van der Waals surface area contributed by atoms with Crippen molar-refractivity contribution in [3.8, 4) is 6.01 Å². The monoisotopic (exact) mass is 315 g/mol. The van der Waals surface area contributed by atoms with E-state index in [1.807, 2.05) is 0 Å². The fourth-order valence-corrected chi connectivity index (χ4v) is 2.09. The van der Waals surface area contributed by atoms with E-state index >= 15 is 0 Å². The Hall–Kier alpha value is -2.63. The lowest BCUT2D eigenvalue weighted by atomic mass is 10.2. The van der Waals surface area contributed by atoms with E-state index in [1.165, 1.54) is 18.9 Å².